The first-order chi connectivity index (χ1) is 8.67. The number of hydrogen-bond donors (Lipinski definition) is 2. The van der Waals surface area contributed by atoms with Crippen LogP contribution in [0.3, 0.4) is 0 Å². The molecule has 0 aliphatic heterocycles. The summed E-state index contributed by atoms with van der Waals surface area (Å²) in [5.74, 6) is 5.52. The van der Waals surface area contributed by atoms with Gasteiger partial charge in [0.05, 0.1) is 11.6 Å². The fraction of sp³-hybridized carbons (Fsp3) is 0.462. The second-order valence-corrected chi connectivity index (χ2v) is 4.40. The van der Waals surface area contributed by atoms with Crippen LogP contribution in [0, 0.1) is 0 Å². The van der Waals surface area contributed by atoms with E-state index in [0.29, 0.717) is 23.8 Å². The summed E-state index contributed by atoms with van der Waals surface area (Å²) in [7, 11) is 0. The van der Waals surface area contributed by atoms with Crippen molar-refractivity contribution in [1.82, 2.24) is 5.43 Å². The second-order valence-electron chi connectivity index (χ2n) is 3.99. The first-order valence-corrected chi connectivity index (χ1v) is 6.45. The molecule has 1 rings (SSSR count). The van der Waals surface area contributed by atoms with Crippen molar-refractivity contribution in [1.29, 1.82) is 0 Å². The summed E-state index contributed by atoms with van der Waals surface area (Å²) in [5, 5.41) is 0.633. The topological polar surface area (TPSA) is 64.3 Å². The maximum Gasteiger partial charge on any atom is 0.233 e. The second kappa shape index (κ2) is 7.95. The van der Waals surface area contributed by atoms with Crippen molar-refractivity contribution in [2.75, 3.05) is 6.61 Å². The highest BCUT2D eigenvalue weighted by Crippen LogP contribution is 2.25. The maximum atomic E-state index is 10.9. The summed E-state index contributed by atoms with van der Waals surface area (Å²) in [6.07, 6.45) is 2.91. The summed E-state index contributed by atoms with van der Waals surface area (Å²) in [6, 6.07) is 5.80. The molecule has 0 fully saturated rings. The lowest BCUT2D eigenvalue weighted by Crippen LogP contribution is -2.29. The zero-order valence-corrected chi connectivity index (χ0v) is 11.3. The minimum atomic E-state index is -0.152. The van der Waals surface area contributed by atoms with E-state index in [0.717, 1.165) is 19.3 Å². The molecule has 0 heterocycles. The molecule has 100 valence electrons. The number of nitrogens with one attached hydrogen (secondary N) is 1. The van der Waals surface area contributed by atoms with E-state index in [1.54, 1.807) is 0 Å². The molecule has 0 saturated heterocycles. The Labute approximate surface area is 112 Å². The van der Waals surface area contributed by atoms with Crippen LogP contribution in [0.5, 0.6) is 5.75 Å². The summed E-state index contributed by atoms with van der Waals surface area (Å²) in [5.41, 5.74) is 3.28. The van der Waals surface area contributed by atoms with Gasteiger partial charge >= 0.3 is 0 Å². The number of benzene rings is 1. The van der Waals surface area contributed by atoms with Crippen LogP contribution in [0.4, 0.5) is 0 Å². The summed E-state index contributed by atoms with van der Waals surface area (Å²) in [4.78, 5) is 10.9. The standard InChI is InChI=1S/C13H19ClN2O2/c1-2-10-6-7-12(11(14)9-10)18-8-4-3-5-13(17)16-15/h6-7,9H,2-5,8,15H2,1H3,(H,16,17). The van der Waals surface area contributed by atoms with E-state index < -0.39 is 0 Å². The molecule has 0 spiro atoms. The highest BCUT2D eigenvalue weighted by Gasteiger charge is 2.03. The smallest absolute Gasteiger partial charge is 0.233 e. The Kier molecular flexibility index (Phi) is 6.54. The predicted molar refractivity (Wildman–Crippen MR) is 72.5 cm³/mol. The van der Waals surface area contributed by atoms with E-state index in [4.69, 9.17) is 22.2 Å². The van der Waals surface area contributed by atoms with Crippen LogP contribution in [0.15, 0.2) is 18.2 Å². The number of halogens is 1. The number of nitrogens with two attached hydrogens (primary N) is 1. The van der Waals surface area contributed by atoms with E-state index in [9.17, 15) is 4.79 Å². The number of amides is 1. The number of carbonyl (C=O) groups is 1. The first kappa shape index (κ1) is 14.8. The molecule has 0 unspecified atom stereocenters. The fourth-order valence-electron chi connectivity index (χ4n) is 1.52. The van der Waals surface area contributed by atoms with E-state index in [1.807, 2.05) is 18.2 Å². The normalized spacial score (nSPS) is 10.2. The number of aryl methyl sites for hydroxylation is 1. The summed E-state index contributed by atoms with van der Waals surface area (Å²) < 4.78 is 5.56. The van der Waals surface area contributed by atoms with Crippen molar-refractivity contribution in [3.05, 3.63) is 28.8 Å². The molecule has 0 aliphatic rings. The van der Waals surface area contributed by atoms with E-state index in [2.05, 4.69) is 12.3 Å². The molecule has 5 heteroatoms. The third kappa shape index (κ3) is 4.94. The van der Waals surface area contributed by atoms with Crippen LogP contribution in [-0.4, -0.2) is 12.5 Å². The molecule has 1 aromatic carbocycles. The Morgan fingerprint density at radius 3 is 2.83 bits per heavy atom. The number of unbranched alkanes of at least 4 members (excludes halogenated alkanes) is 1. The Hall–Kier alpha value is -1.26. The van der Waals surface area contributed by atoms with E-state index in [1.165, 1.54) is 5.56 Å². The number of carbonyl (C=O) groups excluding carboxylic acids is 1. The van der Waals surface area contributed by atoms with E-state index >= 15 is 0 Å². The monoisotopic (exact) mass is 270 g/mol. The molecule has 0 radical (unpaired) electrons. The lowest BCUT2D eigenvalue weighted by Gasteiger charge is -2.08. The van der Waals surface area contributed by atoms with Gasteiger partial charge in [0.2, 0.25) is 5.91 Å². The predicted octanol–water partition coefficient (Wildman–Crippen LogP) is 2.44. The average molecular weight is 271 g/mol. The SMILES string of the molecule is CCc1ccc(OCCCCC(=O)NN)c(Cl)c1. The fourth-order valence-corrected chi connectivity index (χ4v) is 1.78. The Morgan fingerprint density at radius 2 is 2.22 bits per heavy atom. The molecule has 1 amide bonds. The number of hydrazine groups is 1. The molecule has 0 atom stereocenters. The van der Waals surface area contributed by atoms with Crippen molar-refractivity contribution < 1.29 is 9.53 Å². The minimum Gasteiger partial charge on any atom is -0.492 e. The van der Waals surface area contributed by atoms with Crippen LogP contribution in [0.2, 0.25) is 5.02 Å². The molecule has 0 bridgehead atoms. The minimum absolute atomic E-state index is 0.152. The van der Waals surface area contributed by atoms with Crippen LogP contribution in [-0.2, 0) is 11.2 Å². The van der Waals surface area contributed by atoms with Gasteiger partial charge in [-0.05, 0) is 37.0 Å². The Morgan fingerprint density at radius 1 is 1.44 bits per heavy atom. The summed E-state index contributed by atoms with van der Waals surface area (Å²) in [6.45, 7) is 2.62. The third-order valence-corrected chi connectivity index (χ3v) is 2.92. The first-order valence-electron chi connectivity index (χ1n) is 6.08. The van der Waals surface area contributed by atoms with Crippen molar-refractivity contribution in [2.45, 2.75) is 32.6 Å². The zero-order valence-electron chi connectivity index (χ0n) is 10.5. The van der Waals surface area contributed by atoms with Crippen LogP contribution in [0.1, 0.15) is 31.7 Å². The van der Waals surface area contributed by atoms with Gasteiger partial charge in [-0.2, -0.15) is 0 Å². The van der Waals surface area contributed by atoms with Gasteiger partial charge in [-0.3, -0.25) is 10.2 Å². The highest BCUT2D eigenvalue weighted by molar-refractivity contribution is 6.32. The molecule has 1 aromatic rings. The molecular formula is C13H19ClN2O2. The van der Waals surface area contributed by atoms with Gasteiger partial charge in [-0.25, -0.2) is 5.84 Å². The van der Waals surface area contributed by atoms with Crippen LogP contribution < -0.4 is 16.0 Å². The maximum absolute atomic E-state index is 10.9. The van der Waals surface area contributed by atoms with Gasteiger partial charge in [0.1, 0.15) is 5.75 Å². The highest BCUT2D eigenvalue weighted by atomic mass is 35.5. The summed E-state index contributed by atoms with van der Waals surface area (Å²) >= 11 is 6.09. The Bertz CT molecular complexity index is 397. The molecule has 0 saturated carbocycles. The van der Waals surface area contributed by atoms with Gasteiger partial charge in [-0.1, -0.05) is 24.6 Å². The molecule has 0 aromatic heterocycles. The van der Waals surface area contributed by atoms with Gasteiger partial charge in [0.15, 0.2) is 0 Å². The average Bonchev–Trinajstić information content (AvgIpc) is 2.39. The van der Waals surface area contributed by atoms with Crippen LogP contribution >= 0.6 is 11.6 Å². The molecule has 4 nitrogen and oxygen atoms in total. The van der Waals surface area contributed by atoms with Crippen molar-refractivity contribution in [3.8, 4) is 5.75 Å². The van der Waals surface area contributed by atoms with Gasteiger partial charge < -0.3 is 4.74 Å². The molecule has 0 aliphatic carbocycles. The van der Waals surface area contributed by atoms with Crippen molar-refractivity contribution >= 4 is 17.5 Å². The third-order valence-electron chi connectivity index (χ3n) is 2.62. The molecule has 3 N–H and O–H groups in total. The number of rotatable bonds is 7. The lowest BCUT2D eigenvalue weighted by atomic mass is 10.2. The largest absolute Gasteiger partial charge is 0.492 e. The Balaban J connectivity index is 2.29. The van der Waals surface area contributed by atoms with E-state index in [-0.39, 0.29) is 5.91 Å². The number of ether oxygens (including phenoxy) is 1. The van der Waals surface area contributed by atoms with Crippen molar-refractivity contribution in [3.63, 3.8) is 0 Å². The van der Waals surface area contributed by atoms with Crippen molar-refractivity contribution in [2.24, 2.45) is 5.84 Å². The quantitative estimate of drug-likeness (QED) is 0.346. The zero-order chi connectivity index (χ0) is 13.4. The molecular weight excluding hydrogens is 252 g/mol. The lowest BCUT2D eigenvalue weighted by molar-refractivity contribution is -0.121. The molecule has 18 heavy (non-hydrogen) atoms. The van der Waals surface area contributed by atoms with Crippen LogP contribution in [0.25, 0.3) is 0 Å². The number of hydrogen-bond acceptors (Lipinski definition) is 3. The van der Waals surface area contributed by atoms with Gasteiger partial charge in [0.25, 0.3) is 0 Å². The van der Waals surface area contributed by atoms with Gasteiger partial charge in [-0.15, -0.1) is 0 Å². The van der Waals surface area contributed by atoms with Gasteiger partial charge in [0, 0.05) is 6.42 Å².